The molecule has 0 bridgehead atoms. The van der Waals surface area contributed by atoms with Gasteiger partial charge in [-0.3, -0.25) is 9.52 Å². The summed E-state index contributed by atoms with van der Waals surface area (Å²) < 4.78 is 32.3. The Hall–Kier alpha value is -3.13. The van der Waals surface area contributed by atoms with E-state index in [-0.39, 0.29) is 28.1 Å². The van der Waals surface area contributed by atoms with Gasteiger partial charge >= 0.3 is 0 Å². The summed E-state index contributed by atoms with van der Waals surface area (Å²) in [5, 5.41) is 6.48. The van der Waals surface area contributed by atoms with Crippen molar-refractivity contribution in [3.63, 3.8) is 0 Å². The van der Waals surface area contributed by atoms with Crippen LogP contribution in [0.25, 0.3) is 0 Å². The van der Waals surface area contributed by atoms with Gasteiger partial charge in [-0.05, 0) is 42.7 Å². The SMILES string of the molecule is Cc1cc(NS(=O)(=O)c2cccc(C(=O)Nc3ccccc3C(C)C)c2)no1. The van der Waals surface area contributed by atoms with Crippen LogP contribution in [0.4, 0.5) is 11.5 Å². The molecule has 1 aromatic heterocycles. The monoisotopic (exact) mass is 399 g/mol. The summed E-state index contributed by atoms with van der Waals surface area (Å²) in [5.41, 5.74) is 1.94. The molecule has 0 aliphatic carbocycles. The largest absolute Gasteiger partial charge is 0.360 e. The van der Waals surface area contributed by atoms with Gasteiger partial charge in [0.1, 0.15) is 5.76 Å². The third-order valence-electron chi connectivity index (χ3n) is 4.10. The number of benzene rings is 2. The maximum Gasteiger partial charge on any atom is 0.263 e. The van der Waals surface area contributed by atoms with Crippen LogP contribution in [0, 0.1) is 6.92 Å². The molecule has 0 aliphatic heterocycles. The van der Waals surface area contributed by atoms with Crippen molar-refractivity contribution >= 4 is 27.4 Å². The first kappa shape index (κ1) is 19.6. The van der Waals surface area contributed by atoms with Crippen molar-refractivity contribution in [2.75, 3.05) is 10.0 Å². The highest BCUT2D eigenvalue weighted by Gasteiger charge is 2.19. The van der Waals surface area contributed by atoms with E-state index in [1.165, 1.54) is 24.3 Å². The quantitative estimate of drug-likeness (QED) is 0.648. The first-order valence-corrected chi connectivity index (χ1v) is 10.2. The maximum atomic E-state index is 12.7. The van der Waals surface area contributed by atoms with Crippen LogP contribution in [0.3, 0.4) is 0 Å². The Bertz CT molecular complexity index is 1100. The molecule has 0 atom stereocenters. The minimum absolute atomic E-state index is 0.0436. The van der Waals surface area contributed by atoms with Gasteiger partial charge in [0.25, 0.3) is 15.9 Å². The van der Waals surface area contributed by atoms with Gasteiger partial charge in [0.05, 0.1) is 4.90 Å². The van der Waals surface area contributed by atoms with Crippen molar-refractivity contribution in [1.29, 1.82) is 0 Å². The third-order valence-corrected chi connectivity index (χ3v) is 5.46. The molecule has 146 valence electrons. The maximum absolute atomic E-state index is 12.7. The smallest absolute Gasteiger partial charge is 0.263 e. The first-order valence-electron chi connectivity index (χ1n) is 8.73. The van der Waals surface area contributed by atoms with Crippen molar-refractivity contribution in [3.8, 4) is 0 Å². The fourth-order valence-corrected chi connectivity index (χ4v) is 3.75. The summed E-state index contributed by atoms with van der Waals surface area (Å²) >= 11 is 0. The van der Waals surface area contributed by atoms with Gasteiger partial charge < -0.3 is 9.84 Å². The number of aromatic nitrogens is 1. The standard InChI is InChI=1S/C20H21N3O4S/c1-13(2)17-9-4-5-10-18(17)21-20(24)15-7-6-8-16(12-15)28(25,26)23-19-11-14(3)27-22-19/h4-13H,1-3H3,(H,21,24)(H,22,23). The second-order valence-electron chi connectivity index (χ2n) is 6.65. The van der Waals surface area contributed by atoms with E-state index in [0.717, 1.165) is 5.56 Å². The Morgan fingerprint density at radius 1 is 1.07 bits per heavy atom. The van der Waals surface area contributed by atoms with Crippen LogP contribution in [0.15, 0.2) is 64.0 Å². The molecule has 1 heterocycles. The number of para-hydroxylation sites is 1. The normalized spacial score (nSPS) is 11.4. The van der Waals surface area contributed by atoms with E-state index >= 15 is 0 Å². The lowest BCUT2D eigenvalue weighted by Gasteiger charge is -2.14. The highest BCUT2D eigenvalue weighted by Crippen LogP contribution is 2.24. The molecular formula is C20H21N3O4S. The van der Waals surface area contributed by atoms with E-state index in [4.69, 9.17) is 4.52 Å². The van der Waals surface area contributed by atoms with Gasteiger partial charge in [0.2, 0.25) is 0 Å². The van der Waals surface area contributed by atoms with Gasteiger partial charge in [0.15, 0.2) is 5.82 Å². The molecule has 0 unspecified atom stereocenters. The molecule has 3 aromatic rings. The van der Waals surface area contributed by atoms with Gasteiger partial charge in [-0.2, -0.15) is 0 Å². The Balaban J connectivity index is 1.84. The molecule has 0 radical (unpaired) electrons. The number of hydrogen-bond donors (Lipinski definition) is 2. The fourth-order valence-electron chi connectivity index (χ4n) is 2.72. The number of nitrogens with one attached hydrogen (secondary N) is 2. The third kappa shape index (κ3) is 4.40. The lowest BCUT2D eigenvalue weighted by atomic mass is 10.0. The molecule has 0 saturated heterocycles. The molecule has 3 rings (SSSR count). The van der Waals surface area contributed by atoms with Crippen molar-refractivity contribution in [1.82, 2.24) is 5.16 Å². The average Bonchev–Trinajstić information content (AvgIpc) is 3.06. The molecule has 8 heteroatoms. The number of rotatable bonds is 6. The molecule has 1 amide bonds. The van der Waals surface area contributed by atoms with E-state index in [1.807, 2.05) is 38.1 Å². The predicted octanol–water partition coefficient (Wildman–Crippen LogP) is 4.16. The summed E-state index contributed by atoms with van der Waals surface area (Å²) in [5.74, 6) is 0.411. The Kier molecular flexibility index (Phi) is 5.51. The van der Waals surface area contributed by atoms with Crippen LogP contribution in [-0.4, -0.2) is 19.5 Å². The highest BCUT2D eigenvalue weighted by atomic mass is 32.2. The molecular weight excluding hydrogens is 378 g/mol. The van der Waals surface area contributed by atoms with E-state index in [0.29, 0.717) is 11.4 Å². The minimum atomic E-state index is -3.90. The summed E-state index contributed by atoms with van der Waals surface area (Å²) in [6, 6.07) is 14.8. The van der Waals surface area contributed by atoms with E-state index in [1.54, 1.807) is 13.0 Å². The lowest BCUT2D eigenvalue weighted by molar-refractivity contribution is 0.102. The first-order chi connectivity index (χ1) is 13.3. The highest BCUT2D eigenvalue weighted by molar-refractivity contribution is 7.92. The zero-order valence-corrected chi connectivity index (χ0v) is 16.6. The molecule has 7 nitrogen and oxygen atoms in total. The molecule has 28 heavy (non-hydrogen) atoms. The molecule has 0 saturated carbocycles. The average molecular weight is 399 g/mol. The van der Waals surface area contributed by atoms with Crippen LogP contribution in [0.2, 0.25) is 0 Å². The van der Waals surface area contributed by atoms with Crippen molar-refractivity contribution < 1.29 is 17.7 Å². The van der Waals surface area contributed by atoms with Gasteiger partial charge in [-0.1, -0.05) is 43.3 Å². The van der Waals surface area contributed by atoms with Crippen molar-refractivity contribution in [3.05, 3.63) is 71.5 Å². The number of amides is 1. The Labute approximate surface area is 163 Å². The summed E-state index contributed by atoms with van der Waals surface area (Å²) in [6.45, 7) is 5.73. The molecule has 2 aromatic carbocycles. The van der Waals surface area contributed by atoms with E-state index < -0.39 is 10.0 Å². The second kappa shape index (κ2) is 7.85. The van der Waals surface area contributed by atoms with Gasteiger partial charge in [-0.25, -0.2) is 8.42 Å². The van der Waals surface area contributed by atoms with E-state index in [2.05, 4.69) is 15.2 Å². The van der Waals surface area contributed by atoms with Crippen molar-refractivity contribution in [2.45, 2.75) is 31.6 Å². The molecule has 2 N–H and O–H groups in total. The van der Waals surface area contributed by atoms with Crippen molar-refractivity contribution in [2.24, 2.45) is 0 Å². The summed E-state index contributed by atoms with van der Waals surface area (Å²) in [6.07, 6.45) is 0. The number of sulfonamides is 1. The zero-order valence-electron chi connectivity index (χ0n) is 15.8. The van der Waals surface area contributed by atoms with Crippen LogP contribution in [0.1, 0.15) is 41.4 Å². The minimum Gasteiger partial charge on any atom is -0.360 e. The van der Waals surface area contributed by atoms with Gasteiger partial charge in [0, 0.05) is 17.3 Å². The fraction of sp³-hybridized carbons (Fsp3) is 0.200. The number of carbonyl (C=O) groups excluding carboxylic acids is 1. The van der Waals surface area contributed by atoms with Gasteiger partial charge in [-0.15, -0.1) is 0 Å². The van der Waals surface area contributed by atoms with Crippen LogP contribution in [-0.2, 0) is 10.0 Å². The topological polar surface area (TPSA) is 101 Å². The molecule has 0 aliphatic rings. The predicted molar refractivity (Wildman–Crippen MR) is 107 cm³/mol. The van der Waals surface area contributed by atoms with E-state index in [9.17, 15) is 13.2 Å². The van der Waals surface area contributed by atoms with Crippen LogP contribution in [0.5, 0.6) is 0 Å². The van der Waals surface area contributed by atoms with Crippen LogP contribution < -0.4 is 10.0 Å². The summed E-state index contributed by atoms with van der Waals surface area (Å²) in [4.78, 5) is 12.6. The van der Waals surface area contributed by atoms with Crippen LogP contribution >= 0.6 is 0 Å². The molecule has 0 fully saturated rings. The lowest BCUT2D eigenvalue weighted by Crippen LogP contribution is -2.16. The Morgan fingerprint density at radius 3 is 2.50 bits per heavy atom. The second-order valence-corrected chi connectivity index (χ2v) is 8.33. The molecule has 0 spiro atoms. The number of carbonyl (C=O) groups is 1. The zero-order chi connectivity index (χ0) is 20.3. The number of anilines is 2. The number of hydrogen-bond acceptors (Lipinski definition) is 5. The summed E-state index contributed by atoms with van der Waals surface area (Å²) in [7, 11) is -3.90. The number of nitrogens with zero attached hydrogens (tertiary/aromatic N) is 1. The number of aryl methyl sites for hydroxylation is 1. The Morgan fingerprint density at radius 2 is 1.82 bits per heavy atom.